The van der Waals surface area contributed by atoms with Crippen LogP contribution in [0.15, 0.2) is 45.6 Å². The van der Waals surface area contributed by atoms with Crippen LogP contribution in [0, 0.1) is 0 Å². The zero-order valence-electron chi connectivity index (χ0n) is 13.8. The Hall–Kier alpha value is -1.70. The number of nitrogens with zero attached hydrogens (tertiary/aromatic N) is 2. The second-order valence-electron chi connectivity index (χ2n) is 5.91. The number of piperazine rings is 1. The fourth-order valence-electron chi connectivity index (χ4n) is 2.80. The lowest BCUT2D eigenvalue weighted by Gasteiger charge is -2.34. The number of halogens is 1. The first-order chi connectivity index (χ1) is 12.1. The van der Waals surface area contributed by atoms with Crippen molar-refractivity contribution in [2.45, 2.75) is 0 Å². The molecule has 132 valence electrons. The number of carbonyl (C=O) groups is 2. The van der Waals surface area contributed by atoms with Gasteiger partial charge in [0.1, 0.15) is 0 Å². The summed E-state index contributed by atoms with van der Waals surface area (Å²) in [6.45, 7) is 4.50. The summed E-state index contributed by atoms with van der Waals surface area (Å²) >= 11 is 4.93. The molecular weight excluding hydrogens is 402 g/mol. The molecule has 1 aliphatic rings. The number of carbonyl (C=O) groups excluding carboxylic acids is 2. The monoisotopic (exact) mass is 421 g/mol. The number of rotatable bonds is 5. The molecule has 7 heteroatoms. The molecule has 1 aromatic heterocycles. The van der Waals surface area contributed by atoms with Crippen molar-refractivity contribution in [3.8, 4) is 0 Å². The number of amides is 2. The molecule has 1 aromatic carbocycles. The molecule has 5 nitrogen and oxygen atoms in total. The molecule has 2 aromatic rings. The van der Waals surface area contributed by atoms with E-state index in [-0.39, 0.29) is 11.8 Å². The van der Waals surface area contributed by atoms with E-state index in [0.29, 0.717) is 25.2 Å². The van der Waals surface area contributed by atoms with Crippen LogP contribution in [0.4, 0.5) is 0 Å². The van der Waals surface area contributed by atoms with Gasteiger partial charge in [-0.2, -0.15) is 11.3 Å². The molecule has 0 saturated carbocycles. The molecule has 2 heterocycles. The lowest BCUT2D eigenvalue weighted by atomic mass is 10.2. The normalized spacial score (nSPS) is 15.2. The largest absolute Gasteiger partial charge is 0.351 e. The van der Waals surface area contributed by atoms with Crippen LogP contribution >= 0.6 is 27.3 Å². The maximum atomic E-state index is 12.5. The van der Waals surface area contributed by atoms with Crippen molar-refractivity contribution in [3.63, 3.8) is 0 Å². The predicted octanol–water partition coefficient (Wildman–Crippen LogP) is 2.70. The number of benzene rings is 1. The van der Waals surface area contributed by atoms with Crippen LogP contribution in [-0.2, 0) is 0 Å². The molecule has 1 fully saturated rings. The van der Waals surface area contributed by atoms with E-state index in [1.165, 1.54) is 11.3 Å². The van der Waals surface area contributed by atoms with Crippen molar-refractivity contribution in [2.24, 2.45) is 0 Å². The number of thiophene rings is 1. The molecule has 0 atom stereocenters. The number of hydrogen-bond acceptors (Lipinski definition) is 4. The van der Waals surface area contributed by atoms with E-state index < -0.39 is 0 Å². The van der Waals surface area contributed by atoms with Crippen molar-refractivity contribution >= 4 is 39.1 Å². The minimum atomic E-state index is -0.0234. The van der Waals surface area contributed by atoms with Gasteiger partial charge < -0.3 is 10.2 Å². The highest BCUT2D eigenvalue weighted by Gasteiger charge is 2.22. The standard InChI is InChI=1S/C18H20BrN3O2S/c19-16-3-1-2-14(12-16)18(24)22-9-7-21(8-10-22)6-5-20-17(23)15-4-11-25-13-15/h1-4,11-13H,5-10H2,(H,20,23). The molecule has 0 spiro atoms. The fraction of sp³-hybridized carbons (Fsp3) is 0.333. The van der Waals surface area contributed by atoms with Gasteiger partial charge in [0, 0.05) is 60.2 Å². The molecular formula is C18H20BrN3O2S. The molecule has 0 radical (unpaired) electrons. The quantitative estimate of drug-likeness (QED) is 0.807. The molecule has 0 aliphatic carbocycles. The van der Waals surface area contributed by atoms with Gasteiger partial charge >= 0.3 is 0 Å². The van der Waals surface area contributed by atoms with E-state index in [9.17, 15) is 9.59 Å². The molecule has 3 rings (SSSR count). The SMILES string of the molecule is O=C(NCCN1CCN(C(=O)c2cccc(Br)c2)CC1)c1ccsc1. The van der Waals surface area contributed by atoms with E-state index in [0.717, 1.165) is 29.7 Å². The van der Waals surface area contributed by atoms with Crippen LogP contribution in [0.2, 0.25) is 0 Å². The summed E-state index contributed by atoms with van der Waals surface area (Å²) in [5, 5.41) is 6.69. The first kappa shape index (κ1) is 18.1. The average Bonchev–Trinajstić information content (AvgIpc) is 3.16. The Bertz CT molecular complexity index is 728. The van der Waals surface area contributed by atoms with Crippen LogP contribution in [0.5, 0.6) is 0 Å². The zero-order chi connectivity index (χ0) is 17.6. The van der Waals surface area contributed by atoms with E-state index in [2.05, 4.69) is 26.1 Å². The number of hydrogen-bond donors (Lipinski definition) is 1. The molecule has 0 bridgehead atoms. The maximum absolute atomic E-state index is 12.5. The van der Waals surface area contributed by atoms with Gasteiger partial charge in [-0.1, -0.05) is 22.0 Å². The van der Waals surface area contributed by atoms with Gasteiger partial charge in [-0.05, 0) is 29.6 Å². The lowest BCUT2D eigenvalue weighted by Crippen LogP contribution is -2.50. The fourth-order valence-corrected chi connectivity index (χ4v) is 3.84. The topological polar surface area (TPSA) is 52.7 Å². The van der Waals surface area contributed by atoms with Crippen molar-refractivity contribution < 1.29 is 9.59 Å². The summed E-state index contributed by atoms with van der Waals surface area (Å²) in [6.07, 6.45) is 0. The van der Waals surface area contributed by atoms with Crippen molar-refractivity contribution in [1.29, 1.82) is 0 Å². The minimum absolute atomic E-state index is 0.0234. The summed E-state index contributed by atoms with van der Waals surface area (Å²) in [6, 6.07) is 9.32. The lowest BCUT2D eigenvalue weighted by molar-refractivity contribution is 0.0638. The van der Waals surface area contributed by atoms with Gasteiger partial charge in [0.05, 0.1) is 0 Å². The van der Waals surface area contributed by atoms with Crippen molar-refractivity contribution in [2.75, 3.05) is 39.3 Å². The van der Waals surface area contributed by atoms with Crippen LogP contribution in [0.1, 0.15) is 20.7 Å². The average molecular weight is 422 g/mol. The van der Waals surface area contributed by atoms with Gasteiger partial charge in [0.2, 0.25) is 0 Å². The zero-order valence-corrected chi connectivity index (χ0v) is 16.2. The van der Waals surface area contributed by atoms with E-state index in [1.807, 2.05) is 46.0 Å². The van der Waals surface area contributed by atoms with Gasteiger partial charge in [0.15, 0.2) is 0 Å². The Labute approximate surface area is 159 Å². The van der Waals surface area contributed by atoms with Gasteiger partial charge in [-0.25, -0.2) is 0 Å². The summed E-state index contributed by atoms with van der Waals surface area (Å²) in [5.41, 5.74) is 1.43. The smallest absolute Gasteiger partial charge is 0.253 e. The molecule has 0 unspecified atom stereocenters. The molecule has 25 heavy (non-hydrogen) atoms. The highest BCUT2D eigenvalue weighted by atomic mass is 79.9. The maximum Gasteiger partial charge on any atom is 0.253 e. The van der Waals surface area contributed by atoms with Crippen molar-refractivity contribution in [3.05, 3.63) is 56.7 Å². The Morgan fingerprint density at radius 1 is 1.12 bits per heavy atom. The molecule has 1 aliphatic heterocycles. The third kappa shape index (κ3) is 4.90. The minimum Gasteiger partial charge on any atom is -0.351 e. The van der Waals surface area contributed by atoms with Gasteiger partial charge in [-0.3, -0.25) is 14.5 Å². The second-order valence-corrected chi connectivity index (χ2v) is 7.61. The Balaban J connectivity index is 1.41. The second kappa shape index (κ2) is 8.60. The van der Waals surface area contributed by atoms with Crippen LogP contribution in [0.25, 0.3) is 0 Å². The van der Waals surface area contributed by atoms with E-state index in [4.69, 9.17) is 0 Å². The first-order valence-corrected chi connectivity index (χ1v) is 9.94. The van der Waals surface area contributed by atoms with Crippen molar-refractivity contribution in [1.82, 2.24) is 15.1 Å². The number of nitrogens with one attached hydrogen (secondary N) is 1. The van der Waals surface area contributed by atoms with Gasteiger partial charge in [-0.15, -0.1) is 0 Å². The summed E-state index contributed by atoms with van der Waals surface area (Å²) in [4.78, 5) is 28.6. The van der Waals surface area contributed by atoms with Crippen LogP contribution < -0.4 is 5.32 Å². The Morgan fingerprint density at radius 2 is 1.92 bits per heavy atom. The third-order valence-corrected chi connectivity index (χ3v) is 5.40. The summed E-state index contributed by atoms with van der Waals surface area (Å²) in [5.74, 6) is 0.0522. The third-order valence-electron chi connectivity index (χ3n) is 4.23. The highest BCUT2D eigenvalue weighted by molar-refractivity contribution is 9.10. The molecule has 1 saturated heterocycles. The highest BCUT2D eigenvalue weighted by Crippen LogP contribution is 2.14. The molecule has 1 N–H and O–H groups in total. The summed E-state index contributed by atoms with van der Waals surface area (Å²) < 4.78 is 0.915. The predicted molar refractivity (Wildman–Crippen MR) is 103 cm³/mol. The van der Waals surface area contributed by atoms with E-state index >= 15 is 0 Å². The first-order valence-electron chi connectivity index (χ1n) is 8.21. The Morgan fingerprint density at radius 3 is 2.60 bits per heavy atom. The summed E-state index contributed by atoms with van der Waals surface area (Å²) in [7, 11) is 0. The van der Waals surface area contributed by atoms with Crippen LogP contribution in [-0.4, -0.2) is 60.9 Å². The van der Waals surface area contributed by atoms with Crippen LogP contribution in [0.3, 0.4) is 0 Å². The molecule has 2 amide bonds. The Kier molecular flexibility index (Phi) is 6.23. The van der Waals surface area contributed by atoms with Gasteiger partial charge in [0.25, 0.3) is 11.8 Å². The van der Waals surface area contributed by atoms with E-state index in [1.54, 1.807) is 0 Å².